The molecule has 0 spiro atoms. The van der Waals surface area contributed by atoms with Crippen LogP contribution >= 0.6 is 0 Å². The molecule has 2 aromatic heterocycles. The highest BCUT2D eigenvalue weighted by molar-refractivity contribution is 7.90. The normalized spacial score (nSPS) is 15.3. The minimum atomic E-state index is -3.35. The summed E-state index contributed by atoms with van der Waals surface area (Å²) >= 11 is 0. The molecule has 1 aliphatic rings. The molecule has 3 heterocycles. The summed E-state index contributed by atoms with van der Waals surface area (Å²) in [5.74, 6) is -0.462. The average Bonchev–Trinajstić information content (AvgIpc) is 3.33. The van der Waals surface area contributed by atoms with E-state index in [9.17, 15) is 17.6 Å². The number of rotatable bonds is 7. The number of pyridine rings is 1. The van der Waals surface area contributed by atoms with Crippen molar-refractivity contribution in [3.63, 3.8) is 0 Å². The molecule has 10 nitrogen and oxygen atoms in total. The summed E-state index contributed by atoms with van der Waals surface area (Å²) in [4.78, 5) is 31.1. The van der Waals surface area contributed by atoms with E-state index in [2.05, 4.69) is 25.4 Å². The van der Waals surface area contributed by atoms with E-state index in [0.29, 0.717) is 34.9 Å². The zero-order valence-corrected chi connectivity index (χ0v) is 20.0. The molecule has 182 valence electrons. The Balaban J connectivity index is 1.45. The summed E-state index contributed by atoms with van der Waals surface area (Å²) in [6.45, 7) is 1.81. The van der Waals surface area contributed by atoms with Gasteiger partial charge in [0.1, 0.15) is 17.2 Å². The number of oxime groups is 1. The second kappa shape index (κ2) is 9.74. The molecular formula is C23H22FN5O5S. The fourth-order valence-electron chi connectivity index (χ4n) is 3.41. The standard InChI is InChI=1S/C23H22FN5O5S/c1-13-27-18(19-10-22(34-29-19)17-7-5-15(12-25-17)35(3,31)32)9-20(28-13)23(30)26-11-14-4-6-16(24)21(8-14)33-2/h4-9,12,22H,10-11H2,1-3H3,(H,26,30). The van der Waals surface area contributed by atoms with Crippen LogP contribution in [0.5, 0.6) is 5.75 Å². The number of nitrogens with zero attached hydrogens (tertiary/aromatic N) is 4. The lowest BCUT2D eigenvalue weighted by Crippen LogP contribution is -2.25. The summed E-state index contributed by atoms with van der Waals surface area (Å²) in [6, 6.07) is 8.88. The number of halogens is 1. The van der Waals surface area contributed by atoms with Crippen LogP contribution < -0.4 is 10.1 Å². The number of carbonyl (C=O) groups is 1. The van der Waals surface area contributed by atoms with Crippen LogP contribution in [0.25, 0.3) is 0 Å². The Kier molecular flexibility index (Phi) is 6.74. The Morgan fingerprint density at radius 1 is 1.23 bits per heavy atom. The number of ether oxygens (including phenoxy) is 1. The van der Waals surface area contributed by atoms with Gasteiger partial charge < -0.3 is 14.9 Å². The Labute approximate surface area is 201 Å². The number of aromatic nitrogens is 3. The van der Waals surface area contributed by atoms with Crippen molar-refractivity contribution in [2.75, 3.05) is 13.4 Å². The van der Waals surface area contributed by atoms with Crippen LogP contribution in [0.2, 0.25) is 0 Å². The van der Waals surface area contributed by atoms with Crippen LogP contribution in [0.3, 0.4) is 0 Å². The fraction of sp³-hybridized carbons (Fsp3) is 0.261. The number of hydrogen-bond donors (Lipinski definition) is 1. The van der Waals surface area contributed by atoms with Crippen LogP contribution in [-0.4, -0.2) is 48.4 Å². The van der Waals surface area contributed by atoms with E-state index in [1.165, 1.54) is 37.6 Å². The number of amides is 1. The highest BCUT2D eigenvalue weighted by Crippen LogP contribution is 2.28. The van der Waals surface area contributed by atoms with Gasteiger partial charge in [-0.05, 0) is 42.8 Å². The Morgan fingerprint density at radius 3 is 2.71 bits per heavy atom. The number of aryl methyl sites for hydroxylation is 1. The summed E-state index contributed by atoms with van der Waals surface area (Å²) in [5.41, 5.74) is 2.26. The van der Waals surface area contributed by atoms with Gasteiger partial charge in [-0.15, -0.1) is 0 Å². The van der Waals surface area contributed by atoms with Crippen LogP contribution in [0.15, 0.2) is 52.6 Å². The van der Waals surface area contributed by atoms with E-state index < -0.39 is 27.7 Å². The Hall–Kier alpha value is -3.93. The van der Waals surface area contributed by atoms with Crippen molar-refractivity contribution in [1.82, 2.24) is 20.3 Å². The first-order valence-electron chi connectivity index (χ1n) is 10.5. The largest absolute Gasteiger partial charge is 0.494 e. The molecule has 1 aliphatic heterocycles. The van der Waals surface area contributed by atoms with Gasteiger partial charge in [0.25, 0.3) is 5.91 Å². The summed E-state index contributed by atoms with van der Waals surface area (Å²) in [5, 5.41) is 6.83. The van der Waals surface area contributed by atoms with E-state index in [4.69, 9.17) is 9.57 Å². The molecule has 0 bridgehead atoms. The molecule has 0 saturated carbocycles. The average molecular weight is 500 g/mol. The van der Waals surface area contributed by atoms with Crippen LogP contribution in [0.4, 0.5) is 4.39 Å². The molecule has 35 heavy (non-hydrogen) atoms. The van der Waals surface area contributed by atoms with Gasteiger partial charge >= 0.3 is 0 Å². The number of carbonyl (C=O) groups excluding carboxylic acids is 1. The molecule has 12 heteroatoms. The molecule has 0 saturated heterocycles. The predicted octanol–water partition coefficient (Wildman–Crippen LogP) is 2.53. The van der Waals surface area contributed by atoms with E-state index in [1.54, 1.807) is 19.1 Å². The topological polar surface area (TPSA) is 133 Å². The third-order valence-electron chi connectivity index (χ3n) is 5.22. The highest BCUT2D eigenvalue weighted by Gasteiger charge is 2.27. The van der Waals surface area contributed by atoms with Gasteiger partial charge in [-0.3, -0.25) is 9.78 Å². The maximum absolute atomic E-state index is 13.6. The SMILES string of the molecule is COc1cc(CNC(=O)c2cc(C3=NOC(c4ccc(S(C)(=O)=O)cn4)C3)nc(C)n2)ccc1F. The molecule has 0 radical (unpaired) electrons. The van der Waals surface area contributed by atoms with E-state index in [1.807, 2.05) is 0 Å². The van der Waals surface area contributed by atoms with Crippen molar-refractivity contribution < 1.29 is 27.2 Å². The zero-order valence-electron chi connectivity index (χ0n) is 19.1. The minimum absolute atomic E-state index is 0.0890. The monoisotopic (exact) mass is 499 g/mol. The molecule has 0 fully saturated rings. The molecule has 4 rings (SSSR count). The van der Waals surface area contributed by atoms with Crippen LogP contribution in [-0.2, 0) is 21.2 Å². The highest BCUT2D eigenvalue weighted by atomic mass is 32.2. The van der Waals surface area contributed by atoms with Crippen molar-refractivity contribution in [3.8, 4) is 5.75 Å². The molecule has 1 amide bonds. The molecule has 1 aromatic carbocycles. The first-order chi connectivity index (χ1) is 16.6. The predicted molar refractivity (Wildman–Crippen MR) is 123 cm³/mol. The number of nitrogens with one attached hydrogen (secondary N) is 1. The first kappa shape index (κ1) is 24.2. The van der Waals surface area contributed by atoms with Gasteiger partial charge in [0.2, 0.25) is 0 Å². The molecule has 0 aliphatic carbocycles. The lowest BCUT2D eigenvalue weighted by molar-refractivity contribution is 0.0825. The van der Waals surface area contributed by atoms with Gasteiger partial charge in [0, 0.05) is 25.4 Å². The van der Waals surface area contributed by atoms with Crippen molar-refractivity contribution in [1.29, 1.82) is 0 Å². The summed E-state index contributed by atoms with van der Waals surface area (Å²) < 4.78 is 41.8. The number of benzene rings is 1. The zero-order chi connectivity index (χ0) is 25.2. The Morgan fingerprint density at radius 2 is 2.03 bits per heavy atom. The van der Waals surface area contributed by atoms with Gasteiger partial charge in [0.15, 0.2) is 27.5 Å². The van der Waals surface area contributed by atoms with Crippen LogP contribution in [0.1, 0.15) is 45.8 Å². The van der Waals surface area contributed by atoms with Crippen molar-refractivity contribution in [2.45, 2.75) is 30.9 Å². The molecule has 1 atom stereocenters. The summed E-state index contributed by atoms with van der Waals surface area (Å²) in [7, 11) is -1.98. The number of hydrogen-bond acceptors (Lipinski definition) is 9. The van der Waals surface area contributed by atoms with Crippen molar-refractivity contribution in [2.24, 2.45) is 5.16 Å². The quantitative estimate of drug-likeness (QED) is 0.524. The lowest BCUT2D eigenvalue weighted by Gasteiger charge is -2.09. The van der Waals surface area contributed by atoms with E-state index in [-0.39, 0.29) is 22.9 Å². The number of sulfone groups is 1. The smallest absolute Gasteiger partial charge is 0.270 e. The summed E-state index contributed by atoms with van der Waals surface area (Å²) in [6.07, 6.45) is 2.20. The van der Waals surface area contributed by atoms with Gasteiger partial charge in [-0.1, -0.05) is 11.2 Å². The fourth-order valence-corrected chi connectivity index (χ4v) is 3.97. The minimum Gasteiger partial charge on any atom is -0.494 e. The molecule has 1 unspecified atom stereocenters. The van der Waals surface area contributed by atoms with E-state index >= 15 is 0 Å². The molecule has 1 N–H and O–H groups in total. The maximum atomic E-state index is 13.6. The third-order valence-corrected chi connectivity index (χ3v) is 6.32. The van der Waals surface area contributed by atoms with Crippen molar-refractivity contribution in [3.05, 3.63) is 76.9 Å². The van der Waals surface area contributed by atoms with Gasteiger partial charge in [-0.2, -0.15) is 0 Å². The second-order valence-electron chi connectivity index (χ2n) is 7.86. The van der Waals surface area contributed by atoms with E-state index in [0.717, 1.165) is 6.26 Å². The first-order valence-corrected chi connectivity index (χ1v) is 12.4. The third kappa shape index (κ3) is 5.60. The molecule has 3 aromatic rings. The maximum Gasteiger partial charge on any atom is 0.270 e. The number of methoxy groups -OCH3 is 1. The lowest BCUT2D eigenvalue weighted by atomic mass is 10.1. The Bertz CT molecular complexity index is 1410. The molecular weight excluding hydrogens is 477 g/mol. The van der Waals surface area contributed by atoms with Gasteiger partial charge in [-0.25, -0.2) is 22.8 Å². The van der Waals surface area contributed by atoms with Crippen LogP contribution in [0, 0.1) is 12.7 Å². The van der Waals surface area contributed by atoms with Gasteiger partial charge in [0.05, 0.1) is 23.4 Å². The van der Waals surface area contributed by atoms with Crippen molar-refractivity contribution >= 4 is 21.5 Å². The second-order valence-corrected chi connectivity index (χ2v) is 9.88.